The largest absolute Gasteiger partial charge is 0.595 e. The van der Waals surface area contributed by atoms with E-state index < -0.39 is 22.5 Å². The number of hydrogen-bond acceptors (Lipinski definition) is 10. The van der Waals surface area contributed by atoms with Crippen molar-refractivity contribution in [3.05, 3.63) is 119 Å². The van der Waals surface area contributed by atoms with E-state index in [4.69, 9.17) is 26.7 Å². The number of nitrogens with one attached hydrogen (secondary N) is 3. The number of rotatable bonds is 6. The summed E-state index contributed by atoms with van der Waals surface area (Å²) in [5, 5.41) is 36.9. The molecule has 0 saturated heterocycles. The number of aliphatic imine (C=N–C) groups is 1. The molecule has 61 heavy (non-hydrogen) atoms. The molecule has 0 unspecified atom stereocenters. The van der Waals surface area contributed by atoms with Gasteiger partial charge in [-0.25, -0.2) is 0 Å². The van der Waals surface area contributed by atoms with Gasteiger partial charge in [0.15, 0.2) is 0 Å². The van der Waals surface area contributed by atoms with Crippen molar-refractivity contribution < 1.29 is 24.2 Å². The first-order valence-corrected chi connectivity index (χ1v) is 19.7. The van der Waals surface area contributed by atoms with Crippen molar-refractivity contribution in [2.75, 3.05) is 21.7 Å². The fourth-order valence-corrected chi connectivity index (χ4v) is 4.01. The summed E-state index contributed by atoms with van der Waals surface area (Å²) in [6.07, 6.45) is -0.572. The molecule has 0 bridgehead atoms. The van der Waals surface area contributed by atoms with E-state index in [0.29, 0.717) is 29.0 Å². The number of nitrogen functional groups attached to an aromatic ring is 1. The van der Waals surface area contributed by atoms with Crippen molar-refractivity contribution in [2.45, 2.75) is 102 Å². The first-order chi connectivity index (χ1) is 28.2. The molecule has 0 atom stereocenters. The standard InChI is InChI=1S/C17H26N2O3.C12H18N2O.C12H14N2O.C7H6N2/c1-16(2,3)14(20)19-13-9-7-12(8-10-13)11-18-15(21)22-17(4,5)6;2*1-12(2,3)11(15)14-10-6-4-9(8-13)5-7-10;8-5-6-1-3-7(9)4-2-6/h7-10H,11H2,1-6H3,(H,18,21)(H,19,20);4-7H,8,13H2,1-3H3,(H,14,15);4-7H,1-3H3,(H,14,15);1-4H,9H2/p-1. The van der Waals surface area contributed by atoms with Crippen LogP contribution in [0.3, 0.4) is 0 Å². The Morgan fingerprint density at radius 3 is 1.18 bits per heavy atom. The van der Waals surface area contributed by atoms with Crippen LogP contribution in [-0.2, 0) is 32.2 Å². The van der Waals surface area contributed by atoms with Gasteiger partial charge >= 0.3 is 0 Å². The number of anilines is 4. The number of nitriles is 2. The van der Waals surface area contributed by atoms with Crippen molar-refractivity contribution in [3.63, 3.8) is 0 Å². The summed E-state index contributed by atoms with van der Waals surface area (Å²) in [5.74, 6) is -0.0612. The summed E-state index contributed by atoms with van der Waals surface area (Å²) >= 11 is 0. The molecule has 0 saturated carbocycles. The zero-order chi connectivity index (χ0) is 46.6. The molecule has 0 aliphatic heterocycles. The lowest BCUT2D eigenvalue weighted by Gasteiger charge is -2.29. The van der Waals surface area contributed by atoms with Crippen LogP contribution in [0.15, 0.2) is 102 Å². The number of carbonyl (C=O) groups excluding carboxylic acids is 3. The highest BCUT2D eigenvalue weighted by Gasteiger charge is 2.22. The zero-order valence-electron chi connectivity index (χ0n) is 37.7. The summed E-state index contributed by atoms with van der Waals surface area (Å²) in [6.45, 7) is 23.0. The third kappa shape index (κ3) is 22.3. The average molecular weight is 832 g/mol. The quantitative estimate of drug-likeness (QED) is 0.0711. The topological polar surface area (TPSA) is 232 Å². The first kappa shape index (κ1) is 52.3. The summed E-state index contributed by atoms with van der Waals surface area (Å²) < 4.78 is 5.11. The van der Waals surface area contributed by atoms with Gasteiger partial charge in [-0.2, -0.15) is 10.5 Å². The normalized spacial score (nSPS) is 11.2. The minimum Gasteiger partial charge on any atom is -0.595 e. The van der Waals surface area contributed by atoms with Gasteiger partial charge in [0.1, 0.15) is 6.08 Å². The van der Waals surface area contributed by atoms with Gasteiger partial charge in [-0.15, -0.1) is 0 Å². The van der Waals surface area contributed by atoms with Gasteiger partial charge in [0.05, 0.1) is 29.8 Å². The van der Waals surface area contributed by atoms with Crippen molar-refractivity contribution >= 4 is 46.6 Å². The van der Waals surface area contributed by atoms with E-state index in [0.717, 1.165) is 22.5 Å². The molecule has 0 aliphatic carbocycles. The van der Waals surface area contributed by atoms with E-state index in [-0.39, 0.29) is 29.7 Å². The van der Waals surface area contributed by atoms with Crippen LogP contribution in [0.25, 0.3) is 0 Å². The fourth-order valence-electron chi connectivity index (χ4n) is 4.01. The number of carbonyl (C=O) groups is 3. The SMILES string of the molecule is CC(C)(C)C(=O)Nc1ccc(C#N)cc1.CC(C)(C)C(=O)Nc1ccc(CN)cc1.CC(C)(C)OC([O-])=NCc1ccc(NC(=O)C(C)(C)C)cc1.N#Cc1ccc(N)cc1. The molecule has 0 aliphatic rings. The van der Waals surface area contributed by atoms with Crippen molar-refractivity contribution in [1.29, 1.82) is 10.5 Å². The Hall–Kier alpha value is -6.70. The Kier molecular flexibility index (Phi) is 20.4. The average Bonchev–Trinajstić information content (AvgIpc) is 3.17. The number of amides is 3. The molecule has 0 radical (unpaired) electrons. The lowest BCUT2D eigenvalue weighted by molar-refractivity contribution is -0.260. The van der Waals surface area contributed by atoms with E-state index in [9.17, 15) is 19.5 Å². The molecular formula is C48H63N8O5-. The Morgan fingerprint density at radius 1 is 0.574 bits per heavy atom. The van der Waals surface area contributed by atoms with E-state index in [2.05, 4.69) is 20.9 Å². The minimum absolute atomic E-state index is 0.0167. The predicted octanol–water partition coefficient (Wildman–Crippen LogP) is 8.52. The molecule has 13 heteroatoms. The van der Waals surface area contributed by atoms with Gasteiger partial charge in [-0.05, 0) is 83.9 Å². The third-order valence-electron chi connectivity index (χ3n) is 7.80. The molecule has 0 fully saturated rings. The second kappa shape index (κ2) is 23.8. The van der Waals surface area contributed by atoms with Crippen molar-refractivity contribution in [3.8, 4) is 12.1 Å². The van der Waals surface area contributed by atoms with E-state index >= 15 is 0 Å². The van der Waals surface area contributed by atoms with Gasteiger partial charge in [0, 0.05) is 51.1 Å². The maximum Gasteiger partial charge on any atom is 0.229 e. The fraction of sp³-hybridized carbons (Fsp3) is 0.375. The molecule has 0 aromatic heterocycles. The van der Waals surface area contributed by atoms with Crippen LogP contribution in [0.5, 0.6) is 0 Å². The third-order valence-corrected chi connectivity index (χ3v) is 7.80. The van der Waals surface area contributed by atoms with Gasteiger partial charge in [0.2, 0.25) is 17.7 Å². The van der Waals surface area contributed by atoms with Crippen molar-refractivity contribution in [1.82, 2.24) is 0 Å². The number of nitrogens with zero attached hydrogens (tertiary/aromatic N) is 3. The molecule has 4 aromatic carbocycles. The predicted molar refractivity (Wildman–Crippen MR) is 244 cm³/mol. The second-order valence-electron chi connectivity index (χ2n) is 17.9. The Morgan fingerprint density at radius 2 is 0.885 bits per heavy atom. The van der Waals surface area contributed by atoms with Gasteiger partial charge in [-0.3, -0.25) is 19.4 Å². The van der Waals surface area contributed by atoms with Gasteiger partial charge in [-0.1, -0.05) is 107 Å². The maximum absolute atomic E-state index is 11.9. The van der Waals surface area contributed by atoms with E-state index in [1.165, 1.54) is 0 Å². The molecule has 3 amide bonds. The highest BCUT2D eigenvalue weighted by atomic mass is 16.6. The van der Waals surface area contributed by atoms with Crippen LogP contribution in [-0.4, -0.2) is 29.4 Å². The molecule has 0 spiro atoms. The second-order valence-corrected chi connectivity index (χ2v) is 17.9. The Bertz CT molecular complexity index is 2110. The van der Waals surface area contributed by atoms with E-state index in [1.807, 2.05) is 111 Å². The molecule has 4 aromatic rings. The summed E-state index contributed by atoms with van der Waals surface area (Å²) in [4.78, 5) is 39.0. The molecule has 13 nitrogen and oxygen atoms in total. The summed E-state index contributed by atoms with van der Waals surface area (Å²) in [5.41, 5.74) is 15.2. The molecule has 4 rings (SSSR count). The Labute approximate surface area is 362 Å². The van der Waals surface area contributed by atoms with Crippen LogP contribution in [0.2, 0.25) is 0 Å². The monoisotopic (exact) mass is 831 g/mol. The van der Waals surface area contributed by atoms with Crippen LogP contribution >= 0.6 is 0 Å². The molecule has 7 N–H and O–H groups in total. The number of nitrogens with two attached hydrogens (primary N) is 2. The molecule has 0 heterocycles. The van der Waals surface area contributed by atoms with E-state index in [1.54, 1.807) is 81.4 Å². The van der Waals surface area contributed by atoms with Crippen LogP contribution in [0, 0.1) is 38.9 Å². The first-order valence-electron chi connectivity index (χ1n) is 19.7. The number of benzene rings is 4. The van der Waals surface area contributed by atoms with Gasteiger partial charge < -0.3 is 37.3 Å². The smallest absolute Gasteiger partial charge is 0.229 e. The van der Waals surface area contributed by atoms with Crippen molar-refractivity contribution in [2.24, 2.45) is 27.0 Å². The number of hydrogen-bond donors (Lipinski definition) is 5. The van der Waals surface area contributed by atoms with Crippen LogP contribution in [0.4, 0.5) is 22.7 Å². The maximum atomic E-state index is 11.9. The molecular weight excluding hydrogens is 769 g/mol. The highest BCUT2D eigenvalue weighted by Crippen LogP contribution is 2.20. The van der Waals surface area contributed by atoms with Gasteiger partial charge in [0.25, 0.3) is 0 Å². The van der Waals surface area contributed by atoms with Crippen LogP contribution < -0.4 is 32.5 Å². The Balaban J connectivity index is 0.000000424. The summed E-state index contributed by atoms with van der Waals surface area (Å²) in [7, 11) is 0. The highest BCUT2D eigenvalue weighted by molar-refractivity contribution is 5.95. The molecule has 326 valence electrons. The lowest BCUT2D eigenvalue weighted by Crippen LogP contribution is -2.31. The van der Waals surface area contributed by atoms with Crippen LogP contribution in [0.1, 0.15) is 105 Å². The zero-order valence-corrected chi connectivity index (χ0v) is 37.7. The lowest BCUT2D eigenvalue weighted by atomic mass is 9.95. The minimum atomic E-state index is -0.572. The number of ether oxygens (including phenoxy) is 1. The summed E-state index contributed by atoms with van der Waals surface area (Å²) in [6, 6.07) is 32.4.